The van der Waals surface area contributed by atoms with E-state index in [4.69, 9.17) is 4.74 Å². The van der Waals surface area contributed by atoms with E-state index in [1.165, 1.54) is 7.11 Å². The van der Waals surface area contributed by atoms with E-state index in [1.807, 2.05) is 36.0 Å². The molecule has 0 saturated carbocycles. The van der Waals surface area contributed by atoms with E-state index < -0.39 is 0 Å². The minimum Gasteiger partial charge on any atom is -0.465 e. The molecule has 0 heterocycles. The van der Waals surface area contributed by atoms with Crippen molar-refractivity contribution in [3.8, 4) is 0 Å². The highest BCUT2D eigenvalue weighted by molar-refractivity contribution is 7.99. The number of esters is 1. The summed E-state index contributed by atoms with van der Waals surface area (Å²) in [6.07, 6.45) is 0. The molecule has 0 spiro atoms. The van der Waals surface area contributed by atoms with Crippen LogP contribution in [0.3, 0.4) is 0 Å². The third-order valence-electron chi connectivity index (χ3n) is 2.86. The molecule has 0 bridgehead atoms. The first kappa shape index (κ1) is 14.1. The molecule has 94 valence electrons. The van der Waals surface area contributed by atoms with Crippen molar-refractivity contribution in [1.29, 1.82) is 0 Å². The average molecular weight is 252 g/mol. The van der Waals surface area contributed by atoms with Gasteiger partial charge in [-0.3, -0.25) is 0 Å². The number of rotatable bonds is 5. The second kappa shape index (κ2) is 6.70. The number of methoxy groups -OCH3 is 1. The summed E-state index contributed by atoms with van der Waals surface area (Å²) >= 11 is 1.87. The standard InChI is InChI=1S/C14H20O2S/c1-10(2)11(3)17-9-12-7-5-6-8-13(12)14(15)16-4/h5-8,10-11H,9H2,1-4H3. The van der Waals surface area contributed by atoms with Gasteiger partial charge < -0.3 is 4.74 Å². The monoisotopic (exact) mass is 252 g/mol. The Kier molecular flexibility index (Phi) is 5.56. The lowest BCUT2D eigenvalue weighted by Crippen LogP contribution is -2.08. The first-order chi connectivity index (χ1) is 8.06. The smallest absolute Gasteiger partial charge is 0.338 e. The molecule has 17 heavy (non-hydrogen) atoms. The lowest BCUT2D eigenvalue weighted by molar-refractivity contribution is 0.0600. The molecule has 2 nitrogen and oxygen atoms in total. The van der Waals surface area contributed by atoms with E-state index in [2.05, 4.69) is 20.8 Å². The lowest BCUT2D eigenvalue weighted by Gasteiger charge is -2.15. The zero-order chi connectivity index (χ0) is 12.8. The van der Waals surface area contributed by atoms with Crippen LogP contribution in [0.5, 0.6) is 0 Å². The van der Waals surface area contributed by atoms with Gasteiger partial charge in [0.1, 0.15) is 0 Å². The number of ether oxygens (including phenoxy) is 1. The predicted molar refractivity (Wildman–Crippen MR) is 73.4 cm³/mol. The number of thioether (sulfide) groups is 1. The maximum Gasteiger partial charge on any atom is 0.338 e. The topological polar surface area (TPSA) is 26.3 Å². The Morgan fingerprint density at radius 2 is 1.94 bits per heavy atom. The molecule has 1 aromatic carbocycles. The molecule has 0 N–H and O–H groups in total. The van der Waals surface area contributed by atoms with Gasteiger partial charge in [0.15, 0.2) is 0 Å². The quantitative estimate of drug-likeness (QED) is 0.747. The minimum absolute atomic E-state index is 0.251. The van der Waals surface area contributed by atoms with Crippen molar-refractivity contribution in [2.75, 3.05) is 7.11 Å². The summed E-state index contributed by atoms with van der Waals surface area (Å²) in [5.41, 5.74) is 1.73. The summed E-state index contributed by atoms with van der Waals surface area (Å²) in [6.45, 7) is 6.64. The first-order valence-corrected chi connectivity index (χ1v) is 6.89. The van der Waals surface area contributed by atoms with E-state index >= 15 is 0 Å². The number of carbonyl (C=O) groups is 1. The van der Waals surface area contributed by atoms with Crippen molar-refractivity contribution in [2.45, 2.75) is 31.8 Å². The van der Waals surface area contributed by atoms with E-state index in [1.54, 1.807) is 0 Å². The predicted octanol–water partition coefficient (Wildman–Crippen LogP) is 3.75. The molecule has 1 rings (SSSR count). The minimum atomic E-state index is -0.251. The van der Waals surface area contributed by atoms with Gasteiger partial charge in [0.2, 0.25) is 0 Å². The van der Waals surface area contributed by atoms with Gasteiger partial charge in [-0.25, -0.2) is 4.79 Å². The number of benzene rings is 1. The molecule has 0 saturated heterocycles. The Labute approximate surface area is 108 Å². The highest BCUT2D eigenvalue weighted by Gasteiger charge is 2.13. The first-order valence-electron chi connectivity index (χ1n) is 5.84. The molecule has 0 aliphatic rings. The summed E-state index contributed by atoms with van der Waals surface area (Å²) in [7, 11) is 1.42. The van der Waals surface area contributed by atoms with E-state index in [9.17, 15) is 4.79 Å². The summed E-state index contributed by atoms with van der Waals surface area (Å²) in [5.74, 6) is 1.24. The zero-order valence-electron chi connectivity index (χ0n) is 10.9. The number of hydrogen-bond acceptors (Lipinski definition) is 3. The van der Waals surface area contributed by atoms with Crippen LogP contribution in [0.25, 0.3) is 0 Å². The molecule has 0 radical (unpaired) electrons. The van der Waals surface area contributed by atoms with Gasteiger partial charge >= 0.3 is 5.97 Å². The van der Waals surface area contributed by atoms with Crippen LogP contribution in [-0.4, -0.2) is 18.3 Å². The van der Waals surface area contributed by atoms with Gasteiger partial charge in [-0.15, -0.1) is 0 Å². The molecule has 0 fully saturated rings. The van der Waals surface area contributed by atoms with Crippen LogP contribution >= 0.6 is 11.8 Å². The SMILES string of the molecule is COC(=O)c1ccccc1CSC(C)C(C)C. The van der Waals surface area contributed by atoms with Crippen LogP contribution in [0.1, 0.15) is 36.7 Å². The Morgan fingerprint density at radius 1 is 1.29 bits per heavy atom. The molecular formula is C14H20O2S. The molecule has 3 heteroatoms. The third-order valence-corrected chi connectivity index (χ3v) is 4.41. The van der Waals surface area contributed by atoms with Crippen LogP contribution in [0.15, 0.2) is 24.3 Å². The van der Waals surface area contributed by atoms with Gasteiger partial charge in [0, 0.05) is 11.0 Å². The Hall–Kier alpha value is -0.960. The molecule has 1 atom stereocenters. The Bertz CT molecular complexity index is 374. The average Bonchev–Trinajstić information content (AvgIpc) is 2.35. The van der Waals surface area contributed by atoms with E-state index in [0.717, 1.165) is 11.3 Å². The normalized spacial score (nSPS) is 12.5. The molecule has 0 amide bonds. The third kappa shape index (κ3) is 4.08. The fraction of sp³-hybridized carbons (Fsp3) is 0.500. The molecular weight excluding hydrogens is 232 g/mol. The summed E-state index contributed by atoms with van der Waals surface area (Å²) < 4.78 is 4.78. The molecule has 0 aliphatic heterocycles. The van der Waals surface area contributed by atoms with Crippen LogP contribution in [0.4, 0.5) is 0 Å². The van der Waals surface area contributed by atoms with Crippen molar-refractivity contribution >= 4 is 17.7 Å². The van der Waals surface area contributed by atoms with Crippen molar-refractivity contribution < 1.29 is 9.53 Å². The van der Waals surface area contributed by atoms with Gasteiger partial charge in [0.05, 0.1) is 12.7 Å². The Morgan fingerprint density at radius 3 is 2.53 bits per heavy atom. The summed E-state index contributed by atoms with van der Waals surface area (Å²) in [6, 6.07) is 7.64. The summed E-state index contributed by atoms with van der Waals surface area (Å²) in [4.78, 5) is 11.6. The van der Waals surface area contributed by atoms with Crippen molar-refractivity contribution in [2.24, 2.45) is 5.92 Å². The second-order valence-corrected chi connectivity index (χ2v) is 5.77. The van der Waals surface area contributed by atoms with Crippen molar-refractivity contribution in [3.63, 3.8) is 0 Å². The molecule has 1 unspecified atom stereocenters. The van der Waals surface area contributed by atoms with Crippen molar-refractivity contribution in [3.05, 3.63) is 35.4 Å². The maximum absolute atomic E-state index is 11.6. The van der Waals surface area contributed by atoms with Gasteiger partial charge in [-0.05, 0) is 17.5 Å². The second-order valence-electron chi connectivity index (χ2n) is 4.41. The molecule has 1 aromatic rings. The van der Waals surface area contributed by atoms with Crippen LogP contribution < -0.4 is 0 Å². The van der Waals surface area contributed by atoms with Crippen LogP contribution in [-0.2, 0) is 10.5 Å². The van der Waals surface area contributed by atoms with Gasteiger partial charge in [0.25, 0.3) is 0 Å². The van der Waals surface area contributed by atoms with E-state index in [-0.39, 0.29) is 5.97 Å². The Balaban J connectivity index is 2.74. The maximum atomic E-state index is 11.6. The van der Waals surface area contributed by atoms with Crippen LogP contribution in [0.2, 0.25) is 0 Å². The molecule has 0 aromatic heterocycles. The number of hydrogen-bond donors (Lipinski definition) is 0. The molecule has 0 aliphatic carbocycles. The highest BCUT2D eigenvalue weighted by atomic mass is 32.2. The fourth-order valence-corrected chi connectivity index (χ4v) is 2.45. The van der Waals surface area contributed by atoms with Crippen molar-refractivity contribution in [1.82, 2.24) is 0 Å². The van der Waals surface area contributed by atoms with Gasteiger partial charge in [-0.2, -0.15) is 11.8 Å². The van der Waals surface area contributed by atoms with Crippen LogP contribution in [0, 0.1) is 5.92 Å². The zero-order valence-corrected chi connectivity index (χ0v) is 11.7. The van der Waals surface area contributed by atoms with Gasteiger partial charge in [-0.1, -0.05) is 39.0 Å². The lowest BCUT2D eigenvalue weighted by atomic mass is 10.1. The summed E-state index contributed by atoms with van der Waals surface area (Å²) in [5, 5.41) is 0.584. The number of carbonyl (C=O) groups excluding carboxylic acids is 1. The van der Waals surface area contributed by atoms with E-state index in [0.29, 0.717) is 16.7 Å². The highest BCUT2D eigenvalue weighted by Crippen LogP contribution is 2.25. The fourth-order valence-electron chi connectivity index (χ4n) is 1.37. The largest absolute Gasteiger partial charge is 0.465 e.